The van der Waals surface area contributed by atoms with Gasteiger partial charge in [0.05, 0.1) is 12.6 Å². The number of hydrogen-bond acceptors (Lipinski definition) is 5. The van der Waals surface area contributed by atoms with Gasteiger partial charge in [-0.1, -0.05) is 12.1 Å². The number of carbonyl (C=O) groups is 1. The minimum atomic E-state index is -0.223. The first kappa shape index (κ1) is 16.4. The van der Waals surface area contributed by atoms with E-state index in [1.54, 1.807) is 17.0 Å². The van der Waals surface area contributed by atoms with Crippen LogP contribution in [-0.4, -0.2) is 48.3 Å². The molecule has 1 aromatic rings. The van der Waals surface area contributed by atoms with E-state index in [1.165, 1.54) is 6.26 Å². The highest BCUT2D eigenvalue weighted by Gasteiger charge is 2.43. The molecule has 0 saturated carbocycles. The normalized spacial score (nSPS) is 24.8. The average molecular weight is 345 g/mol. The van der Waals surface area contributed by atoms with Gasteiger partial charge < -0.3 is 24.2 Å². The summed E-state index contributed by atoms with van der Waals surface area (Å²) in [5.74, 6) is 1.07. The van der Waals surface area contributed by atoms with Crippen LogP contribution in [-0.2, 0) is 9.53 Å². The molecule has 2 fully saturated rings. The monoisotopic (exact) mass is 345 g/mol. The van der Waals surface area contributed by atoms with Crippen LogP contribution in [0.4, 0.5) is 0 Å². The lowest BCUT2D eigenvalue weighted by atomic mass is 9.72. The fraction of sp³-hybridized carbons (Fsp3) is 0.526. The fourth-order valence-electron chi connectivity index (χ4n) is 3.97. The largest absolute Gasteiger partial charge is 0.457 e. The molecule has 1 aromatic carbocycles. The molecule has 0 radical (unpaired) electrons. The lowest BCUT2D eigenvalue weighted by Gasteiger charge is -2.48. The molecule has 3 aliphatic heterocycles. The maximum atomic E-state index is 13.1. The van der Waals surface area contributed by atoms with Crippen molar-refractivity contribution in [3.05, 3.63) is 36.3 Å². The summed E-state index contributed by atoms with van der Waals surface area (Å²) in [5, 5.41) is 9.74. The molecule has 6 heteroatoms. The van der Waals surface area contributed by atoms with Gasteiger partial charge in [-0.15, -0.1) is 0 Å². The van der Waals surface area contributed by atoms with Crippen LogP contribution in [0.1, 0.15) is 25.7 Å². The summed E-state index contributed by atoms with van der Waals surface area (Å²) in [6.07, 6.45) is 5.09. The van der Waals surface area contributed by atoms with Crippen molar-refractivity contribution in [2.24, 2.45) is 5.41 Å². The maximum absolute atomic E-state index is 13.1. The molecular formula is C19H23NO5. The predicted octanol–water partition coefficient (Wildman–Crippen LogP) is 2.08. The quantitative estimate of drug-likeness (QED) is 0.889. The number of aliphatic hydroxyl groups is 1. The van der Waals surface area contributed by atoms with E-state index >= 15 is 0 Å². The second kappa shape index (κ2) is 6.69. The Bertz CT molecular complexity index is 680. The van der Waals surface area contributed by atoms with Gasteiger partial charge in [0.1, 0.15) is 6.26 Å². The van der Waals surface area contributed by atoms with E-state index in [4.69, 9.17) is 14.2 Å². The molecule has 2 saturated heterocycles. The zero-order chi connectivity index (χ0) is 17.3. The number of carbonyl (C=O) groups excluding carboxylic acids is 1. The first-order valence-corrected chi connectivity index (χ1v) is 8.84. The minimum Gasteiger partial charge on any atom is -0.457 e. The lowest BCUT2D eigenvalue weighted by Crippen LogP contribution is -2.55. The molecule has 1 spiro atoms. The average Bonchev–Trinajstić information content (AvgIpc) is 2.67. The Labute approximate surface area is 147 Å². The van der Waals surface area contributed by atoms with E-state index in [9.17, 15) is 9.90 Å². The number of piperidine rings is 1. The van der Waals surface area contributed by atoms with Gasteiger partial charge in [-0.2, -0.15) is 0 Å². The van der Waals surface area contributed by atoms with Crippen molar-refractivity contribution in [2.75, 3.05) is 26.4 Å². The number of rotatable bonds is 2. The van der Waals surface area contributed by atoms with Crippen LogP contribution >= 0.6 is 0 Å². The third-order valence-corrected chi connectivity index (χ3v) is 5.55. The number of likely N-dealkylation sites (tertiary alicyclic amines) is 1. The Hall–Kier alpha value is -2.05. The standard InChI is InChI=1S/C19H23NO5/c21-11-14-5-6-19(7-9-23-10-8-19)13-20(14)18(22)17-12-24-15-3-1-2-4-16(15)25-17/h1-4,12,14,21H,5-11,13H2. The summed E-state index contributed by atoms with van der Waals surface area (Å²) in [6, 6.07) is 7.08. The highest BCUT2D eigenvalue weighted by Crippen LogP contribution is 2.42. The van der Waals surface area contributed by atoms with Gasteiger partial charge >= 0.3 is 0 Å². The van der Waals surface area contributed by atoms with Crippen molar-refractivity contribution in [3.8, 4) is 11.5 Å². The van der Waals surface area contributed by atoms with Gasteiger partial charge in [0, 0.05) is 19.8 Å². The SMILES string of the molecule is O=C(C1=COc2ccccc2O1)N1CC2(CCOCC2)CCC1CO. The molecule has 4 rings (SSSR count). The van der Waals surface area contributed by atoms with Crippen LogP contribution in [0.2, 0.25) is 0 Å². The summed E-state index contributed by atoms with van der Waals surface area (Å²) in [4.78, 5) is 14.8. The Morgan fingerprint density at radius 2 is 1.96 bits per heavy atom. The first-order valence-electron chi connectivity index (χ1n) is 8.84. The number of aliphatic hydroxyl groups excluding tert-OH is 1. The summed E-state index contributed by atoms with van der Waals surface area (Å²) < 4.78 is 16.8. The first-order chi connectivity index (χ1) is 12.2. The smallest absolute Gasteiger partial charge is 0.293 e. The molecule has 25 heavy (non-hydrogen) atoms. The molecule has 134 valence electrons. The molecule has 3 aliphatic rings. The van der Waals surface area contributed by atoms with Gasteiger partial charge in [0.15, 0.2) is 11.5 Å². The molecule has 1 unspecified atom stereocenters. The summed E-state index contributed by atoms with van der Waals surface area (Å²) in [5.41, 5.74) is 0.0908. The number of fused-ring (bicyclic) bond motifs is 1. The van der Waals surface area contributed by atoms with Gasteiger partial charge in [-0.25, -0.2) is 0 Å². The molecule has 6 nitrogen and oxygen atoms in total. The Morgan fingerprint density at radius 3 is 2.72 bits per heavy atom. The van der Waals surface area contributed by atoms with E-state index < -0.39 is 0 Å². The lowest BCUT2D eigenvalue weighted by molar-refractivity contribution is -0.141. The molecule has 0 bridgehead atoms. The Morgan fingerprint density at radius 1 is 1.20 bits per heavy atom. The summed E-state index contributed by atoms with van der Waals surface area (Å²) in [6.45, 7) is 2.06. The second-order valence-corrected chi connectivity index (χ2v) is 7.07. The number of nitrogens with zero attached hydrogens (tertiary/aromatic N) is 1. The van der Waals surface area contributed by atoms with E-state index in [2.05, 4.69) is 0 Å². The number of para-hydroxylation sites is 2. The van der Waals surface area contributed by atoms with Gasteiger partial charge in [0.25, 0.3) is 5.91 Å². The van der Waals surface area contributed by atoms with Gasteiger partial charge in [-0.3, -0.25) is 4.79 Å². The summed E-state index contributed by atoms with van der Waals surface area (Å²) in [7, 11) is 0. The number of benzene rings is 1. The van der Waals surface area contributed by atoms with Crippen molar-refractivity contribution in [1.82, 2.24) is 4.90 Å². The van der Waals surface area contributed by atoms with Crippen LogP contribution in [0.5, 0.6) is 11.5 Å². The van der Waals surface area contributed by atoms with E-state index in [0.29, 0.717) is 18.0 Å². The van der Waals surface area contributed by atoms with Crippen LogP contribution in [0.15, 0.2) is 36.3 Å². The molecule has 1 amide bonds. The molecule has 0 aliphatic carbocycles. The zero-order valence-corrected chi connectivity index (χ0v) is 14.1. The number of amides is 1. The zero-order valence-electron chi connectivity index (χ0n) is 14.1. The van der Waals surface area contributed by atoms with Crippen molar-refractivity contribution >= 4 is 5.91 Å². The summed E-state index contributed by atoms with van der Waals surface area (Å²) >= 11 is 0. The highest BCUT2D eigenvalue weighted by molar-refractivity contribution is 5.92. The Balaban J connectivity index is 1.54. The molecule has 1 atom stereocenters. The highest BCUT2D eigenvalue weighted by atomic mass is 16.6. The molecule has 0 aromatic heterocycles. The van der Waals surface area contributed by atoms with E-state index in [0.717, 1.165) is 38.9 Å². The van der Waals surface area contributed by atoms with Gasteiger partial charge in [-0.05, 0) is 43.2 Å². The fourth-order valence-corrected chi connectivity index (χ4v) is 3.97. The second-order valence-electron chi connectivity index (χ2n) is 7.07. The minimum absolute atomic E-state index is 0.0386. The van der Waals surface area contributed by atoms with Gasteiger partial charge in [0.2, 0.25) is 5.76 Å². The van der Waals surface area contributed by atoms with Crippen molar-refractivity contribution in [3.63, 3.8) is 0 Å². The number of ether oxygens (including phenoxy) is 3. The van der Waals surface area contributed by atoms with Crippen LogP contribution in [0.3, 0.4) is 0 Å². The van der Waals surface area contributed by atoms with Crippen molar-refractivity contribution < 1.29 is 24.1 Å². The van der Waals surface area contributed by atoms with Crippen LogP contribution in [0, 0.1) is 5.41 Å². The number of hydrogen-bond donors (Lipinski definition) is 1. The van der Waals surface area contributed by atoms with Crippen molar-refractivity contribution in [1.29, 1.82) is 0 Å². The molecule has 3 heterocycles. The van der Waals surface area contributed by atoms with Crippen molar-refractivity contribution in [2.45, 2.75) is 31.7 Å². The van der Waals surface area contributed by atoms with Crippen LogP contribution < -0.4 is 9.47 Å². The van der Waals surface area contributed by atoms with Crippen LogP contribution in [0.25, 0.3) is 0 Å². The molecule has 1 N–H and O–H groups in total. The van der Waals surface area contributed by atoms with E-state index in [-0.39, 0.29) is 29.7 Å². The third-order valence-electron chi connectivity index (χ3n) is 5.55. The molecular weight excluding hydrogens is 322 g/mol. The third kappa shape index (κ3) is 3.12. The topological polar surface area (TPSA) is 68.2 Å². The maximum Gasteiger partial charge on any atom is 0.293 e. The Kier molecular flexibility index (Phi) is 4.39. The van der Waals surface area contributed by atoms with E-state index in [1.807, 2.05) is 12.1 Å². The predicted molar refractivity (Wildman–Crippen MR) is 90.1 cm³/mol.